The topological polar surface area (TPSA) is 37.9 Å². The monoisotopic (exact) mass is 208 g/mol. The van der Waals surface area contributed by atoms with Crippen LogP contribution in [0.1, 0.15) is 0 Å². The van der Waals surface area contributed by atoms with Crippen molar-refractivity contribution in [2.24, 2.45) is 0 Å². The van der Waals surface area contributed by atoms with Gasteiger partial charge in [0.05, 0.1) is 17.8 Å². The van der Waals surface area contributed by atoms with Gasteiger partial charge in [-0.2, -0.15) is 5.10 Å². The minimum absolute atomic E-state index is 0.607. The largest absolute Gasteiger partial charge is 0.495 e. The summed E-state index contributed by atoms with van der Waals surface area (Å²) in [6.45, 7) is 0. The number of hydrogen-bond donors (Lipinski definition) is 1. The van der Waals surface area contributed by atoms with Crippen LogP contribution in [0.15, 0.2) is 30.5 Å². The van der Waals surface area contributed by atoms with Gasteiger partial charge in [-0.3, -0.25) is 5.10 Å². The number of aromatic nitrogens is 2. The van der Waals surface area contributed by atoms with E-state index in [1.807, 2.05) is 18.2 Å². The number of halogens is 1. The minimum atomic E-state index is 0.607. The number of methoxy groups -OCH3 is 1. The average molecular weight is 209 g/mol. The van der Waals surface area contributed by atoms with Crippen molar-refractivity contribution < 1.29 is 4.74 Å². The number of aromatic amines is 1. The molecule has 0 saturated carbocycles. The first-order valence-corrected chi connectivity index (χ1v) is 4.52. The van der Waals surface area contributed by atoms with Gasteiger partial charge >= 0.3 is 0 Å². The van der Waals surface area contributed by atoms with Crippen molar-refractivity contribution in [3.63, 3.8) is 0 Å². The summed E-state index contributed by atoms with van der Waals surface area (Å²) in [4.78, 5) is 0. The van der Waals surface area contributed by atoms with Gasteiger partial charge in [0.25, 0.3) is 0 Å². The van der Waals surface area contributed by atoms with Crippen LogP contribution < -0.4 is 4.74 Å². The highest BCUT2D eigenvalue weighted by Crippen LogP contribution is 2.29. The molecule has 72 valence electrons. The molecule has 0 spiro atoms. The summed E-state index contributed by atoms with van der Waals surface area (Å²) in [7, 11) is 1.60. The highest BCUT2D eigenvalue weighted by molar-refractivity contribution is 6.32. The van der Waals surface area contributed by atoms with Crippen molar-refractivity contribution in [2.45, 2.75) is 0 Å². The Hall–Kier alpha value is -1.48. The maximum atomic E-state index is 5.91. The Morgan fingerprint density at radius 2 is 2.21 bits per heavy atom. The molecule has 0 bridgehead atoms. The Kier molecular flexibility index (Phi) is 2.41. The number of rotatable bonds is 2. The molecular weight excluding hydrogens is 200 g/mol. The summed E-state index contributed by atoms with van der Waals surface area (Å²) >= 11 is 5.91. The zero-order valence-electron chi connectivity index (χ0n) is 7.62. The standard InChI is InChI=1S/C10H9ClN2O/c1-14-10-6-7(2-3-8(10)11)9-4-5-12-13-9/h2-6H,1H3,(H,12,13). The van der Waals surface area contributed by atoms with Crippen LogP contribution in [-0.4, -0.2) is 17.3 Å². The van der Waals surface area contributed by atoms with Gasteiger partial charge in [-0.25, -0.2) is 0 Å². The number of nitrogens with one attached hydrogen (secondary N) is 1. The van der Waals surface area contributed by atoms with Gasteiger partial charge < -0.3 is 4.74 Å². The molecule has 14 heavy (non-hydrogen) atoms. The minimum Gasteiger partial charge on any atom is -0.495 e. The lowest BCUT2D eigenvalue weighted by Crippen LogP contribution is -1.85. The maximum Gasteiger partial charge on any atom is 0.138 e. The van der Waals surface area contributed by atoms with E-state index in [1.165, 1.54) is 0 Å². The Balaban J connectivity index is 2.46. The smallest absolute Gasteiger partial charge is 0.138 e. The fourth-order valence-corrected chi connectivity index (χ4v) is 1.44. The molecule has 1 N–H and O–H groups in total. The van der Waals surface area contributed by atoms with Crippen LogP contribution >= 0.6 is 11.6 Å². The van der Waals surface area contributed by atoms with Gasteiger partial charge in [0.15, 0.2) is 0 Å². The Labute approximate surface area is 86.7 Å². The molecule has 0 unspecified atom stereocenters. The highest BCUT2D eigenvalue weighted by Gasteiger charge is 2.04. The van der Waals surface area contributed by atoms with Gasteiger partial charge in [0, 0.05) is 11.8 Å². The second-order valence-corrected chi connectivity index (χ2v) is 3.23. The molecule has 1 aromatic carbocycles. The molecule has 0 atom stereocenters. The molecule has 0 aliphatic carbocycles. The van der Waals surface area contributed by atoms with Crippen LogP contribution in [-0.2, 0) is 0 Å². The van der Waals surface area contributed by atoms with Crippen molar-refractivity contribution in [2.75, 3.05) is 7.11 Å². The average Bonchev–Trinajstić information content (AvgIpc) is 2.71. The van der Waals surface area contributed by atoms with Gasteiger partial charge in [-0.1, -0.05) is 17.7 Å². The SMILES string of the molecule is COc1cc(-c2ccn[nH]2)ccc1Cl. The van der Waals surface area contributed by atoms with E-state index in [0.29, 0.717) is 10.8 Å². The van der Waals surface area contributed by atoms with Crippen molar-refractivity contribution in [1.82, 2.24) is 10.2 Å². The summed E-state index contributed by atoms with van der Waals surface area (Å²) in [5.74, 6) is 0.666. The van der Waals surface area contributed by atoms with Crippen LogP contribution in [0.4, 0.5) is 0 Å². The number of ether oxygens (including phenoxy) is 1. The zero-order chi connectivity index (χ0) is 9.97. The van der Waals surface area contributed by atoms with E-state index in [9.17, 15) is 0 Å². The molecule has 0 aliphatic rings. The number of hydrogen-bond acceptors (Lipinski definition) is 2. The first-order chi connectivity index (χ1) is 6.81. The van der Waals surface area contributed by atoms with Crippen LogP contribution in [0.25, 0.3) is 11.3 Å². The molecule has 1 aromatic heterocycles. The van der Waals surface area contributed by atoms with E-state index in [-0.39, 0.29) is 0 Å². The first kappa shape index (κ1) is 9.09. The van der Waals surface area contributed by atoms with Crippen molar-refractivity contribution >= 4 is 11.6 Å². The predicted octanol–water partition coefficient (Wildman–Crippen LogP) is 2.74. The Morgan fingerprint density at radius 3 is 2.86 bits per heavy atom. The van der Waals surface area contributed by atoms with Crippen molar-refractivity contribution in [3.8, 4) is 17.0 Å². The summed E-state index contributed by atoms with van der Waals surface area (Å²) in [6.07, 6.45) is 1.70. The molecule has 2 aromatic rings. The lowest BCUT2D eigenvalue weighted by atomic mass is 10.1. The number of benzene rings is 1. The van der Waals surface area contributed by atoms with Gasteiger partial charge in [-0.15, -0.1) is 0 Å². The van der Waals surface area contributed by atoms with Gasteiger partial charge in [0.2, 0.25) is 0 Å². The van der Waals surface area contributed by atoms with Crippen molar-refractivity contribution in [1.29, 1.82) is 0 Å². The van der Waals surface area contributed by atoms with Gasteiger partial charge in [0.1, 0.15) is 5.75 Å². The molecular formula is C10H9ClN2O. The van der Waals surface area contributed by atoms with Crippen LogP contribution in [0.3, 0.4) is 0 Å². The second-order valence-electron chi connectivity index (χ2n) is 2.82. The summed E-state index contributed by atoms with van der Waals surface area (Å²) in [5, 5.41) is 7.36. The lowest BCUT2D eigenvalue weighted by molar-refractivity contribution is 0.415. The normalized spacial score (nSPS) is 10.1. The molecule has 3 nitrogen and oxygen atoms in total. The summed E-state index contributed by atoms with van der Waals surface area (Å²) < 4.78 is 5.12. The molecule has 4 heteroatoms. The molecule has 1 heterocycles. The highest BCUT2D eigenvalue weighted by atomic mass is 35.5. The number of nitrogens with zero attached hydrogens (tertiary/aromatic N) is 1. The summed E-state index contributed by atoms with van der Waals surface area (Å²) in [5.41, 5.74) is 1.95. The van der Waals surface area contributed by atoms with E-state index in [0.717, 1.165) is 11.3 Å². The Morgan fingerprint density at radius 1 is 1.36 bits per heavy atom. The lowest BCUT2D eigenvalue weighted by Gasteiger charge is -2.04. The summed E-state index contributed by atoms with van der Waals surface area (Å²) in [6, 6.07) is 7.48. The predicted molar refractivity (Wildman–Crippen MR) is 55.6 cm³/mol. The van der Waals surface area contributed by atoms with E-state index in [1.54, 1.807) is 19.4 Å². The van der Waals surface area contributed by atoms with E-state index < -0.39 is 0 Å². The first-order valence-electron chi connectivity index (χ1n) is 4.14. The fraction of sp³-hybridized carbons (Fsp3) is 0.100. The zero-order valence-corrected chi connectivity index (χ0v) is 8.38. The molecule has 2 rings (SSSR count). The molecule has 0 radical (unpaired) electrons. The molecule has 0 aliphatic heterocycles. The van der Waals surface area contributed by atoms with Crippen molar-refractivity contribution in [3.05, 3.63) is 35.5 Å². The van der Waals surface area contributed by atoms with Crippen LogP contribution in [0, 0.1) is 0 Å². The molecule has 0 fully saturated rings. The molecule has 0 saturated heterocycles. The van der Waals surface area contributed by atoms with E-state index in [4.69, 9.17) is 16.3 Å². The maximum absolute atomic E-state index is 5.91. The van der Waals surface area contributed by atoms with Gasteiger partial charge in [-0.05, 0) is 18.2 Å². The third-order valence-electron chi connectivity index (χ3n) is 1.96. The Bertz CT molecular complexity index is 426. The number of H-pyrrole nitrogens is 1. The third kappa shape index (κ3) is 1.59. The molecule has 0 amide bonds. The van der Waals surface area contributed by atoms with E-state index >= 15 is 0 Å². The van der Waals surface area contributed by atoms with Crippen LogP contribution in [0.5, 0.6) is 5.75 Å². The fourth-order valence-electron chi connectivity index (χ4n) is 1.24. The van der Waals surface area contributed by atoms with E-state index in [2.05, 4.69) is 10.2 Å². The third-order valence-corrected chi connectivity index (χ3v) is 2.28. The van der Waals surface area contributed by atoms with Crippen LogP contribution in [0.2, 0.25) is 5.02 Å². The second kappa shape index (κ2) is 3.72. The quantitative estimate of drug-likeness (QED) is 0.824.